The largest absolute Gasteiger partial charge is 1.00 e. The van der Waals surface area contributed by atoms with E-state index in [1.54, 1.807) is 6.92 Å². The van der Waals surface area contributed by atoms with Gasteiger partial charge in [-0.1, -0.05) is 39.3 Å². The molecule has 0 spiro atoms. The first-order valence-corrected chi connectivity index (χ1v) is 18.2. The van der Waals surface area contributed by atoms with Crippen molar-refractivity contribution in [2.45, 2.75) is 141 Å². The van der Waals surface area contributed by atoms with Gasteiger partial charge in [0.25, 0.3) is 0 Å². The molecule has 0 aromatic heterocycles. The number of aliphatic hydroxyl groups excluding tert-OH is 3. The summed E-state index contributed by atoms with van der Waals surface area (Å²) in [4.78, 5) is 24.3. The third-order valence-electron chi connectivity index (χ3n) is 12.3. The van der Waals surface area contributed by atoms with Gasteiger partial charge < -0.3 is 44.4 Å². The van der Waals surface area contributed by atoms with E-state index in [-0.39, 0.29) is 83.7 Å². The van der Waals surface area contributed by atoms with Crippen LogP contribution in [0.15, 0.2) is 11.6 Å². The van der Waals surface area contributed by atoms with Gasteiger partial charge >= 0.3 is 29.6 Å². The normalized spacial score (nSPS) is 44.0. The quantitative estimate of drug-likeness (QED) is 0.0618. The zero-order valence-electron chi connectivity index (χ0n) is 28.7. The van der Waals surface area contributed by atoms with E-state index in [9.17, 15) is 48.1 Å². The molecular formula is C33H50NaO13S-. The molecule has 48 heavy (non-hydrogen) atoms. The summed E-state index contributed by atoms with van der Waals surface area (Å²) in [5.41, 5.74) is -0.998. The molecule has 5 aliphatic rings. The van der Waals surface area contributed by atoms with Crippen molar-refractivity contribution in [2.75, 3.05) is 0 Å². The molecular weight excluding hydrogens is 659 g/mol. The summed E-state index contributed by atoms with van der Waals surface area (Å²) < 4.78 is 52.6. The minimum absolute atomic E-state index is 0. The Morgan fingerprint density at radius 2 is 1.75 bits per heavy atom. The molecule has 10 unspecified atom stereocenters. The molecule has 0 aromatic carbocycles. The van der Waals surface area contributed by atoms with E-state index in [4.69, 9.17) is 13.7 Å². The molecule has 0 radical (unpaired) electrons. The summed E-state index contributed by atoms with van der Waals surface area (Å²) in [6.45, 7) is 9.87. The van der Waals surface area contributed by atoms with Gasteiger partial charge in [0.05, 0.1) is 23.8 Å². The zero-order valence-corrected chi connectivity index (χ0v) is 31.6. The Labute approximate surface area is 305 Å². The van der Waals surface area contributed by atoms with Gasteiger partial charge in [-0.2, -0.15) is 0 Å². The number of ketones is 1. The van der Waals surface area contributed by atoms with Crippen molar-refractivity contribution in [3.8, 4) is 0 Å². The fourth-order valence-electron chi connectivity index (χ4n) is 10.3. The average Bonchev–Trinajstić information content (AvgIpc) is 3.30. The summed E-state index contributed by atoms with van der Waals surface area (Å²) in [5, 5.41) is 53.9. The minimum atomic E-state index is -5.10. The summed E-state index contributed by atoms with van der Waals surface area (Å²) in [6.07, 6.45) is -4.60. The van der Waals surface area contributed by atoms with Crippen molar-refractivity contribution < 1.29 is 91.3 Å². The van der Waals surface area contributed by atoms with E-state index < -0.39 is 76.2 Å². The van der Waals surface area contributed by atoms with Crippen LogP contribution in [0, 0.1) is 40.4 Å². The molecule has 0 aromatic rings. The second-order valence-electron chi connectivity index (χ2n) is 15.9. The Bertz CT molecular complexity index is 1350. The molecule has 1 heterocycles. The van der Waals surface area contributed by atoms with Gasteiger partial charge in [-0.3, -0.25) is 8.98 Å². The third kappa shape index (κ3) is 7.66. The Morgan fingerprint density at radius 3 is 2.35 bits per heavy atom. The Morgan fingerprint density at radius 1 is 1.08 bits per heavy atom. The number of hydrogen-bond donors (Lipinski definition) is 4. The molecule has 4 fully saturated rings. The Balaban J connectivity index is 0.00000520. The number of ether oxygens (including phenoxy) is 2. The number of aliphatic carboxylic acids is 1. The van der Waals surface area contributed by atoms with Crippen molar-refractivity contribution >= 4 is 22.2 Å². The molecule has 3 saturated carbocycles. The predicted molar refractivity (Wildman–Crippen MR) is 161 cm³/mol. The first-order chi connectivity index (χ1) is 21.7. The van der Waals surface area contributed by atoms with Gasteiger partial charge in [0.15, 0.2) is 6.29 Å². The molecule has 268 valence electrons. The summed E-state index contributed by atoms with van der Waals surface area (Å²) in [7, 11) is -5.10. The van der Waals surface area contributed by atoms with Crippen LogP contribution >= 0.6 is 0 Å². The Hall–Kier alpha value is -0.490. The summed E-state index contributed by atoms with van der Waals surface area (Å²) in [6, 6.07) is 0. The molecule has 4 aliphatic carbocycles. The summed E-state index contributed by atoms with van der Waals surface area (Å²) in [5.74, 6) is -2.28. The van der Waals surface area contributed by atoms with Gasteiger partial charge in [0.1, 0.15) is 30.2 Å². The van der Waals surface area contributed by atoms with Crippen LogP contribution in [0.1, 0.15) is 92.4 Å². The van der Waals surface area contributed by atoms with Gasteiger partial charge in [-0.15, -0.1) is 0 Å². The van der Waals surface area contributed by atoms with E-state index in [1.807, 2.05) is 20.8 Å². The van der Waals surface area contributed by atoms with Gasteiger partial charge in [-0.25, -0.2) is 8.42 Å². The monoisotopic (exact) mass is 709 g/mol. The average molecular weight is 710 g/mol. The van der Waals surface area contributed by atoms with Gasteiger partial charge in [0.2, 0.25) is 10.4 Å². The molecule has 1 saturated heterocycles. The van der Waals surface area contributed by atoms with Crippen LogP contribution in [0.5, 0.6) is 0 Å². The van der Waals surface area contributed by atoms with Crippen LogP contribution in [0.25, 0.3) is 0 Å². The van der Waals surface area contributed by atoms with Crippen LogP contribution in [0.4, 0.5) is 0 Å². The van der Waals surface area contributed by atoms with Crippen LogP contribution in [0.3, 0.4) is 0 Å². The van der Waals surface area contributed by atoms with Crippen molar-refractivity contribution in [3.63, 3.8) is 0 Å². The minimum Gasteiger partial charge on any atom is -0.726 e. The number of carbonyl (C=O) groups is 2. The number of allylic oxidation sites excluding steroid dienone is 2. The first-order valence-electron chi connectivity index (χ1n) is 16.8. The Kier molecular flexibility index (Phi) is 12.2. The maximum atomic E-state index is 12.8. The van der Waals surface area contributed by atoms with Gasteiger partial charge in [-0.05, 0) is 92.3 Å². The number of carboxylic acids is 1. The van der Waals surface area contributed by atoms with E-state index in [0.29, 0.717) is 32.1 Å². The van der Waals surface area contributed by atoms with E-state index in [1.165, 1.54) is 0 Å². The molecule has 5 rings (SSSR count). The van der Waals surface area contributed by atoms with Crippen LogP contribution < -0.4 is 34.7 Å². The first kappa shape index (κ1) is 40.3. The topological polar surface area (TPSA) is 223 Å². The second kappa shape index (κ2) is 14.5. The second-order valence-corrected chi connectivity index (χ2v) is 16.9. The van der Waals surface area contributed by atoms with Crippen LogP contribution in [0.2, 0.25) is 0 Å². The van der Waals surface area contributed by atoms with Gasteiger partial charge in [0, 0.05) is 12.8 Å². The third-order valence-corrected chi connectivity index (χ3v) is 12.8. The van der Waals surface area contributed by atoms with Crippen LogP contribution in [-0.4, -0.2) is 93.7 Å². The number of fused-ring (bicyclic) bond motifs is 5. The zero-order chi connectivity index (χ0) is 34.9. The molecule has 1 aliphatic heterocycles. The van der Waals surface area contributed by atoms with Crippen molar-refractivity contribution in [2.24, 2.45) is 40.4 Å². The molecule has 0 bridgehead atoms. The number of hydrogen-bond acceptors (Lipinski definition) is 13. The fraction of sp³-hybridized carbons (Fsp3) is 0.879. The summed E-state index contributed by atoms with van der Waals surface area (Å²) >= 11 is 0. The number of rotatable bonds is 10. The molecule has 14 atom stereocenters. The maximum absolute atomic E-state index is 12.8. The smallest absolute Gasteiger partial charge is 0.726 e. The van der Waals surface area contributed by atoms with E-state index in [2.05, 4.69) is 13.0 Å². The molecule has 15 heteroatoms. The number of carbonyl (C=O) groups excluding carboxylic acids is 2. The maximum Gasteiger partial charge on any atom is 1.00 e. The number of carboxylic acid groups (broad SMARTS) is 1. The van der Waals surface area contributed by atoms with Crippen molar-refractivity contribution in [3.05, 3.63) is 11.6 Å². The number of aliphatic hydroxyl groups is 4. The van der Waals surface area contributed by atoms with E-state index in [0.717, 1.165) is 12.0 Å². The molecule has 13 nitrogen and oxygen atoms in total. The molecule has 0 amide bonds. The van der Waals surface area contributed by atoms with Crippen LogP contribution in [-0.2, 0) is 33.6 Å². The SMILES string of the molecule is CC(C)CC(=O)CC(C)(O)[C@H]1CCC2C3CC(OS(=O)(=O)[O-])C4C[C@@H](OC5OC(C(=O)[O-])C(O)C(O)C5O)CC[C@]4(C)C3=CC[C@@]21C.[Na+]. The van der Waals surface area contributed by atoms with E-state index >= 15 is 0 Å². The number of Topliss-reactive ketones (excluding diaryl/α,β-unsaturated/α-hetero) is 1. The molecule has 4 N–H and O–H groups in total. The predicted octanol–water partition coefficient (Wildman–Crippen LogP) is -2.28. The fourth-order valence-corrected chi connectivity index (χ4v) is 10.8. The standard InChI is InChI=1S/C33H52O13S.Na/c1-16(2)12-17(34)15-33(5,40)24-7-6-20-19-14-23(46-47(41,42)43)22-13-18(8-10-31(22,3)21(19)9-11-32(20,24)4)44-30-27(37)25(35)26(36)28(45-30)29(38)39;/h9,16,18-20,22-28,30,35-37,40H,6-8,10-15H2,1-5H3,(H,38,39)(H,41,42,43);/q;+1/p-2/t18-,19?,20?,22?,23?,24-,25?,26?,27?,28?,30?,31+,32-,33?;/m0./s1. The van der Waals surface area contributed by atoms with Crippen molar-refractivity contribution in [1.29, 1.82) is 0 Å². The van der Waals surface area contributed by atoms with Crippen molar-refractivity contribution in [1.82, 2.24) is 0 Å².